The van der Waals surface area contributed by atoms with Crippen molar-refractivity contribution in [3.8, 4) is 0 Å². The minimum absolute atomic E-state index is 0.0430. The van der Waals surface area contributed by atoms with E-state index < -0.39 is 0 Å². The highest BCUT2D eigenvalue weighted by atomic mass is 16.2. The summed E-state index contributed by atoms with van der Waals surface area (Å²) in [6, 6.07) is 9.31. The zero-order valence-electron chi connectivity index (χ0n) is 13.3. The van der Waals surface area contributed by atoms with Crippen molar-refractivity contribution in [2.24, 2.45) is 0 Å². The molecule has 1 aromatic carbocycles. The Kier molecular flexibility index (Phi) is 4.55. The number of benzene rings is 1. The van der Waals surface area contributed by atoms with Gasteiger partial charge in [-0.25, -0.2) is 0 Å². The van der Waals surface area contributed by atoms with E-state index in [0.717, 1.165) is 30.2 Å². The quantitative estimate of drug-likeness (QED) is 0.948. The van der Waals surface area contributed by atoms with E-state index >= 15 is 0 Å². The topological polar surface area (TPSA) is 62.3 Å². The number of piperidine rings is 1. The fourth-order valence-corrected chi connectivity index (χ4v) is 3.07. The van der Waals surface area contributed by atoms with Crippen LogP contribution in [0, 0.1) is 0 Å². The summed E-state index contributed by atoms with van der Waals surface area (Å²) in [6.07, 6.45) is 4.75. The number of amides is 2. The molecule has 2 aromatic rings. The summed E-state index contributed by atoms with van der Waals surface area (Å²) >= 11 is 0. The molecule has 0 aliphatic carbocycles. The molecule has 120 valence electrons. The molecule has 5 heteroatoms. The van der Waals surface area contributed by atoms with Gasteiger partial charge in [0.25, 0.3) is 0 Å². The van der Waals surface area contributed by atoms with E-state index in [2.05, 4.69) is 10.3 Å². The van der Waals surface area contributed by atoms with Gasteiger partial charge in [-0.3, -0.25) is 14.6 Å². The van der Waals surface area contributed by atoms with Gasteiger partial charge in [0.2, 0.25) is 11.8 Å². The van der Waals surface area contributed by atoms with Gasteiger partial charge in [-0.15, -0.1) is 0 Å². The molecule has 1 atom stereocenters. The second-order valence-corrected chi connectivity index (χ2v) is 5.86. The van der Waals surface area contributed by atoms with Crippen LogP contribution in [0.1, 0.15) is 32.6 Å². The van der Waals surface area contributed by atoms with Gasteiger partial charge in [0.1, 0.15) is 6.04 Å². The van der Waals surface area contributed by atoms with Crippen LogP contribution in [0.5, 0.6) is 0 Å². The van der Waals surface area contributed by atoms with Gasteiger partial charge in [0.15, 0.2) is 0 Å². The van der Waals surface area contributed by atoms with Crippen LogP contribution in [0.15, 0.2) is 36.5 Å². The van der Waals surface area contributed by atoms with Crippen LogP contribution in [0.2, 0.25) is 0 Å². The zero-order chi connectivity index (χ0) is 16.2. The summed E-state index contributed by atoms with van der Waals surface area (Å²) in [7, 11) is 0. The Labute approximate surface area is 135 Å². The number of nitrogens with zero attached hydrogens (tertiary/aromatic N) is 2. The largest absolute Gasteiger partial charge is 0.331 e. The van der Waals surface area contributed by atoms with E-state index in [-0.39, 0.29) is 17.9 Å². The van der Waals surface area contributed by atoms with E-state index in [1.54, 1.807) is 11.1 Å². The summed E-state index contributed by atoms with van der Waals surface area (Å²) in [5.41, 5.74) is 1.56. The number of likely N-dealkylation sites (tertiary alicyclic amines) is 1. The van der Waals surface area contributed by atoms with E-state index in [4.69, 9.17) is 0 Å². The van der Waals surface area contributed by atoms with Crippen molar-refractivity contribution in [3.63, 3.8) is 0 Å². The maximum absolute atomic E-state index is 12.6. The second-order valence-electron chi connectivity index (χ2n) is 5.86. The molecule has 0 spiro atoms. The minimum atomic E-state index is -0.373. The van der Waals surface area contributed by atoms with Crippen molar-refractivity contribution in [3.05, 3.63) is 36.5 Å². The molecular weight excluding hydrogens is 290 g/mol. The first-order chi connectivity index (χ1) is 11.2. The average molecular weight is 311 g/mol. The molecule has 1 unspecified atom stereocenters. The number of rotatable bonds is 3. The fourth-order valence-electron chi connectivity index (χ4n) is 3.07. The standard InChI is InChI=1S/C18H21N3O2/c1-2-17(22)21-10-6-5-9-16(21)18(23)20-14-11-13-7-3-4-8-15(13)19-12-14/h3-4,7-8,11-12,16H,2,5-6,9-10H2,1H3,(H,20,23). The summed E-state index contributed by atoms with van der Waals surface area (Å²) in [6.45, 7) is 2.50. The number of nitrogens with one attached hydrogen (secondary N) is 1. The van der Waals surface area contributed by atoms with Crippen molar-refractivity contribution in [1.29, 1.82) is 0 Å². The van der Waals surface area contributed by atoms with E-state index in [0.29, 0.717) is 18.7 Å². The maximum Gasteiger partial charge on any atom is 0.247 e. The minimum Gasteiger partial charge on any atom is -0.331 e. The molecule has 1 aliphatic rings. The van der Waals surface area contributed by atoms with Gasteiger partial charge in [0.05, 0.1) is 17.4 Å². The van der Waals surface area contributed by atoms with Gasteiger partial charge in [-0.2, -0.15) is 0 Å². The Balaban J connectivity index is 1.77. The highest BCUT2D eigenvalue weighted by Gasteiger charge is 2.31. The summed E-state index contributed by atoms with van der Waals surface area (Å²) in [4.78, 5) is 30.7. The van der Waals surface area contributed by atoms with Crippen molar-refractivity contribution in [2.75, 3.05) is 11.9 Å². The molecule has 1 N–H and O–H groups in total. The summed E-state index contributed by atoms with van der Waals surface area (Å²) in [5, 5.41) is 3.90. The first-order valence-electron chi connectivity index (χ1n) is 8.14. The van der Waals surface area contributed by atoms with Crippen LogP contribution in [-0.2, 0) is 9.59 Å². The highest BCUT2D eigenvalue weighted by Crippen LogP contribution is 2.21. The van der Waals surface area contributed by atoms with Crippen LogP contribution in [-0.4, -0.2) is 34.3 Å². The Hall–Kier alpha value is -2.43. The van der Waals surface area contributed by atoms with E-state index in [9.17, 15) is 9.59 Å². The number of anilines is 1. The predicted molar refractivity (Wildman–Crippen MR) is 90.0 cm³/mol. The molecule has 2 amide bonds. The lowest BCUT2D eigenvalue weighted by Gasteiger charge is -2.34. The normalized spacial score (nSPS) is 18.0. The van der Waals surface area contributed by atoms with Crippen LogP contribution in [0.25, 0.3) is 10.9 Å². The lowest BCUT2D eigenvalue weighted by Crippen LogP contribution is -2.49. The van der Waals surface area contributed by atoms with Crippen molar-refractivity contribution in [1.82, 2.24) is 9.88 Å². The lowest BCUT2D eigenvalue weighted by atomic mass is 10.0. The first-order valence-corrected chi connectivity index (χ1v) is 8.14. The monoisotopic (exact) mass is 311 g/mol. The first kappa shape index (κ1) is 15.5. The van der Waals surface area contributed by atoms with E-state index in [1.807, 2.05) is 37.3 Å². The van der Waals surface area contributed by atoms with Crippen molar-refractivity contribution in [2.45, 2.75) is 38.6 Å². The van der Waals surface area contributed by atoms with Crippen molar-refractivity contribution < 1.29 is 9.59 Å². The molecule has 1 aromatic heterocycles. The molecular formula is C18H21N3O2. The lowest BCUT2D eigenvalue weighted by molar-refractivity contribution is -0.140. The third kappa shape index (κ3) is 3.33. The Morgan fingerprint density at radius 1 is 1.30 bits per heavy atom. The summed E-state index contributed by atoms with van der Waals surface area (Å²) < 4.78 is 0. The number of pyridine rings is 1. The fraction of sp³-hybridized carbons (Fsp3) is 0.389. The molecule has 23 heavy (non-hydrogen) atoms. The number of carbonyl (C=O) groups excluding carboxylic acids is 2. The second kappa shape index (κ2) is 6.77. The van der Waals surface area contributed by atoms with Crippen molar-refractivity contribution >= 4 is 28.4 Å². The molecule has 5 nitrogen and oxygen atoms in total. The third-order valence-electron chi connectivity index (χ3n) is 4.29. The van der Waals surface area contributed by atoms with Gasteiger partial charge < -0.3 is 10.2 Å². The molecule has 3 rings (SSSR count). The number of hydrogen-bond acceptors (Lipinski definition) is 3. The molecule has 2 heterocycles. The smallest absolute Gasteiger partial charge is 0.247 e. The number of carbonyl (C=O) groups is 2. The van der Waals surface area contributed by atoms with Gasteiger partial charge >= 0.3 is 0 Å². The van der Waals surface area contributed by atoms with E-state index in [1.165, 1.54) is 0 Å². The molecule has 0 saturated carbocycles. The zero-order valence-corrected chi connectivity index (χ0v) is 13.3. The number of fused-ring (bicyclic) bond motifs is 1. The molecule has 0 radical (unpaired) electrons. The SMILES string of the molecule is CCC(=O)N1CCCCC1C(=O)Nc1cnc2ccccc2c1. The molecule has 1 aliphatic heterocycles. The highest BCUT2D eigenvalue weighted by molar-refractivity contribution is 5.98. The van der Waals surface area contributed by atoms with Gasteiger partial charge in [-0.1, -0.05) is 25.1 Å². The van der Waals surface area contributed by atoms with Crippen LogP contribution < -0.4 is 5.32 Å². The Morgan fingerprint density at radius 3 is 2.96 bits per heavy atom. The average Bonchev–Trinajstić information content (AvgIpc) is 2.61. The number of hydrogen-bond donors (Lipinski definition) is 1. The van der Waals surface area contributed by atoms with Crippen LogP contribution in [0.3, 0.4) is 0 Å². The Morgan fingerprint density at radius 2 is 2.13 bits per heavy atom. The third-order valence-corrected chi connectivity index (χ3v) is 4.29. The summed E-state index contributed by atoms with van der Waals surface area (Å²) in [5.74, 6) is -0.0786. The van der Waals surface area contributed by atoms with Gasteiger partial charge in [-0.05, 0) is 31.4 Å². The molecule has 1 saturated heterocycles. The van der Waals surface area contributed by atoms with Crippen LogP contribution >= 0.6 is 0 Å². The molecule has 0 bridgehead atoms. The Bertz CT molecular complexity index is 729. The van der Waals surface area contributed by atoms with Crippen LogP contribution in [0.4, 0.5) is 5.69 Å². The molecule has 1 fully saturated rings. The maximum atomic E-state index is 12.6. The number of aromatic nitrogens is 1. The van der Waals surface area contributed by atoms with Gasteiger partial charge in [0, 0.05) is 18.4 Å². The number of para-hydroxylation sites is 1. The predicted octanol–water partition coefficient (Wildman–Crippen LogP) is 2.96.